The maximum atomic E-state index is 8.63. The first-order valence-corrected chi connectivity index (χ1v) is 5.60. The number of nitrogens with zero attached hydrogens (tertiary/aromatic N) is 4. The monoisotopic (exact) mass is 239 g/mol. The van der Waals surface area contributed by atoms with Crippen molar-refractivity contribution >= 4 is 5.84 Å². The summed E-state index contributed by atoms with van der Waals surface area (Å²) >= 11 is 0. The van der Waals surface area contributed by atoms with Crippen LogP contribution < -0.4 is 5.73 Å². The zero-order valence-electron chi connectivity index (χ0n) is 9.62. The van der Waals surface area contributed by atoms with Gasteiger partial charge in [0, 0.05) is 38.6 Å². The first kappa shape index (κ1) is 11.9. The summed E-state index contributed by atoms with van der Waals surface area (Å²) in [6.45, 7) is 5.16. The van der Waals surface area contributed by atoms with E-state index in [1.807, 2.05) is 10.8 Å². The van der Waals surface area contributed by atoms with Crippen LogP contribution in [-0.2, 0) is 11.3 Å². The number of aromatic nitrogens is 2. The number of hydrogen-bond acceptors (Lipinski definition) is 5. The van der Waals surface area contributed by atoms with Crippen molar-refractivity contribution in [2.24, 2.45) is 10.9 Å². The third-order valence-corrected chi connectivity index (χ3v) is 2.81. The zero-order chi connectivity index (χ0) is 12.1. The van der Waals surface area contributed by atoms with Crippen LogP contribution >= 0.6 is 0 Å². The topological polar surface area (TPSA) is 88.9 Å². The number of ether oxygens (including phenoxy) is 1. The largest absolute Gasteiger partial charge is 0.409 e. The first-order valence-electron chi connectivity index (χ1n) is 5.60. The minimum absolute atomic E-state index is 0.0389. The lowest BCUT2D eigenvalue weighted by Gasteiger charge is -2.26. The molecule has 0 unspecified atom stereocenters. The smallest absolute Gasteiger partial charge is 0.206 e. The average molecular weight is 239 g/mol. The highest BCUT2D eigenvalue weighted by Crippen LogP contribution is 2.01. The summed E-state index contributed by atoms with van der Waals surface area (Å²) in [5, 5.41) is 11.6. The molecule has 0 aromatic carbocycles. The minimum Gasteiger partial charge on any atom is -0.409 e. The summed E-state index contributed by atoms with van der Waals surface area (Å²) in [7, 11) is 0. The van der Waals surface area contributed by atoms with Crippen LogP contribution in [0.3, 0.4) is 0 Å². The molecular formula is C10H17N5O2. The molecule has 2 heterocycles. The number of hydrogen-bond donors (Lipinski definition) is 2. The molecule has 0 atom stereocenters. The van der Waals surface area contributed by atoms with Crippen LogP contribution in [-0.4, -0.2) is 58.3 Å². The molecule has 1 aliphatic heterocycles. The van der Waals surface area contributed by atoms with Gasteiger partial charge in [0.15, 0.2) is 5.82 Å². The SMILES string of the molecule is NC(=NO)c1nccn1CCN1CCOCC1. The highest BCUT2D eigenvalue weighted by molar-refractivity contribution is 5.93. The fraction of sp³-hybridized carbons (Fsp3) is 0.600. The van der Waals surface area contributed by atoms with Gasteiger partial charge in [-0.15, -0.1) is 0 Å². The van der Waals surface area contributed by atoms with Crippen molar-refractivity contribution in [1.82, 2.24) is 14.5 Å². The van der Waals surface area contributed by atoms with Crippen LogP contribution in [0.1, 0.15) is 5.82 Å². The van der Waals surface area contributed by atoms with E-state index >= 15 is 0 Å². The molecule has 1 aromatic rings. The lowest BCUT2D eigenvalue weighted by Crippen LogP contribution is -2.38. The lowest BCUT2D eigenvalue weighted by molar-refractivity contribution is 0.0364. The van der Waals surface area contributed by atoms with Crippen molar-refractivity contribution in [1.29, 1.82) is 0 Å². The zero-order valence-corrected chi connectivity index (χ0v) is 9.62. The van der Waals surface area contributed by atoms with E-state index in [-0.39, 0.29) is 5.84 Å². The molecule has 0 saturated carbocycles. The molecule has 7 heteroatoms. The highest BCUT2D eigenvalue weighted by Gasteiger charge is 2.12. The second-order valence-corrected chi connectivity index (χ2v) is 3.88. The van der Waals surface area contributed by atoms with Crippen LogP contribution in [0.5, 0.6) is 0 Å². The first-order chi connectivity index (χ1) is 8.31. The van der Waals surface area contributed by atoms with Gasteiger partial charge < -0.3 is 20.2 Å². The van der Waals surface area contributed by atoms with Gasteiger partial charge >= 0.3 is 0 Å². The Morgan fingerprint density at radius 1 is 1.47 bits per heavy atom. The van der Waals surface area contributed by atoms with Crippen molar-refractivity contribution in [3.8, 4) is 0 Å². The van der Waals surface area contributed by atoms with Gasteiger partial charge in [0.2, 0.25) is 5.84 Å². The molecule has 0 aliphatic carbocycles. The molecule has 0 radical (unpaired) electrons. The average Bonchev–Trinajstić information content (AvgIpc) is 2.85. The van der Waals surface area contributed by atoms with Gasteiger partial charge in [-0.05, 0) is 0 Å². The van der Waals surface area contributed by atoms with E-state index in [2.05, 4.69) is 15.0 Å². The standard InChI is InChI=1S/C10H17N5O2/c11-9(13-16)10-12-1-2-15(10)4-3-14-5-7-17-8-6-14/h1-2,16H,3-8H2,(H2,11,13). The Morgan fingerprint density at radius 2 is 2.24 bits per heavy atom. The quantitative estimate of drug-likeness (QED) is 0.314. The highest BCUT2D eigenvalue weighted by atomic mass is 16.5. The van der Waals surface area contributed by atoms with E-state index in [1.54, 1.807) is 6.20 Å². The van der Waals surface area contributed by atoms with Crippen molar-refractivity contribution < 1.29 is 9.94 Å². The maximum absolute atomic E-state index is 8.63. The molecule has 1 fully saturated rings. The molecule has 0 bridgehead atoms. The molecule has 94 valence electrons. The molecule has 0 spiro atoms. The fourth-order valence-corrected chi connectivity index (χ4v) is 1.84. The molecule has 7 nitrogen and oxygen atoms in total. The summed E-state index contributed by atoms with van der Waals surface area (Å²) < 4.78 is 7.16. The van der Waals surface area contributed by atoms with E-state index < -0.39 is 0 Å². The normalized spacial score (nSPS) is 18.5. The van der Waals surface area contributed by atoms with Crippen LogP contribution in [0.4, 0.5) is 0 Å². The Labute approximate surface area is 99.5 Å². The number of imidazole rings is 1. The van der Waals surface area contributed by atoms with E-state index in [0.717, 1.165) is 39.4 Å². The Bertz CT molecular complexity index is 384. The lowest BCUT2D eigenvalue weighted by atomic mass is 10.4. The second kappa shape index (κ2) is 5.65. The summed E-state index contributed by atoms with van der Waals surface area (Å²) in [6, 6.07) is 0. The molecule has 2 rings (SSSR count). The van der Waals surface area contributed by atoms with Crippen LogP contribution in [0.2, 0.25) is 0 Å². The summed E-state index contributed by atoms with van der Waals surface area (Å²) in [4.78, 5) is 6.37. The van der Waals surface area contributed by atoms with Gasteiger partial charge in [0.1, 0.15) is 0 Å². The van der Waals surface area contributed by atoms with Crippen LogP contribution in [0.15, 0.2) is 17.5 Å². The molecule has 1 saturated heterocycles. The van der Waals surface area contributed by atoms with Gasteiger partial charge in [-0.1, -0.05) is 5.16 Å². The Balaban J connectivity index is 1.92. The summed E-state index contributed by atoms with van der Waals surface area (Å²) in [5.41, 5.74) is 5.53. The molecule has 0 amide bonds. The Morgan fingerprint density at radius 3 is 2.94 bits per heavy atom. The number of nitrogens with two attached hydrogens (primary N) is 1. The predicted octanol–water partition coefficient (Wildman–Crippen LogP) is -0.690. The predicted molar refractivity (Wildman–Crippen MR) is 62.0 cm³/mol. The fourth-order valence-electron chi connectivity index (χ4n) is 1.84. The third kappa shape index (κ3) is 2.95. The molecule has 1 aliphatic rings. The van der Waals surface area contributed by atoms with Crippen molar-refractivity contribution in [3.05, 3.63) is 18.2 Å². The van der Waals surface area contributed by atoms with Gasteiger partial charge in [-0.2, -0.15) is 0 Å². The molecule has 17 heavy (non-hydrogen) atoms. The number of rotatable bonds is 4. The summed E-state index contributed by atoms with van der Waals surface area (Å²) in [5.74, 6) is 0.540. The van der Waals surface area contributed by atoms with Crippen molar-refractivity contribution in [2.75, 3.05) is 32.8 Å². The third-order valence-electron chi connectivity index (χ3n) is 2.81. The minimum atomic E-state index is 0.0389. The Kier molecular flexibility index (Phi) is 3.94. The number of morpholine rings is 1. The summed E-state index contributed by atoms with van der Waals surface area (Å²) in [6.07, 6.45) is 3.47. The Hall–Kier alpha value is -1.60. The number of oxime groups is 1. The van der Waals surface area contributed by atoms with Gasteiger partial charge in [0.05, 0.1) is 13.2 Å². The number of amidine groups is 1. The van der Waals surface area contributed by atoms with Crippen molar-refractivity contribution in [2.45, 2.75) is 6.54 Å². The van der Waals surface area contributed by atoms with Crippen LogP contribution in [0, 0.1) is 0 Å². The second-order valence-electron chi connectivity index (χ2n) is 3.88. The molecule has 3 N–H and O–H groups in total. The maximum Gasteiger partial charge on any atom is 0.206 e. The van der Waals surface area contributed by atoms with Crippen LogP contribution in [0.25, 0.3) is 0 Å². The van der Waals surface area contributed by atoms with Gasteiger partial charge in [-0.25, -0.2) is 4.98 Å². The van der Waals surface area contributed by atoms with E-state index in [9.17, 15) is 0 Å². The molecular weight excluding hydrogens is 222 g/mol. The molecule has 1 aromatic heterocycles. The van der Waals surface area contributed by atoms with Gasteiger partial charge in [-0.3, -0.25) is 4.90 Å². The van der Waals surface area contributed by atoms with Crippen molar-refractivity contribution in [3.63, 3.8) is 0 Å². The van der Waals surface area contributed by atoms with Gasteiger partial charge in [0.25, 0.3) is 0 Å². The van der Waals surface area contributed by atoms with E-state index in [0.29, 0.717) is 5.82 Å². The van der Waals surface area contributed by atoms with E-state index in [4.69, 9.17) is 15.7 Å². The van der Waals surface area contributed by atoms with E-state index in [1.165, 1.54) is 0 Å².